The summed E-state index contributed by atoms with van der Waals surface area (Å²) in [6.45, 7) is 18.8. The van der Waals surface area contributed by atoms with E-state index >= 15 is 13.2 Å². The van der Waals surface area contributed by atoms with Gasteiger partial charge in [-0.25, -0.2) is 13.2 Å². The number of allylic oxidation sites excluding steroid dienone is 2. The Kier molecular flexibility index (Phi) is 26.1. The molecule has 13 unspecified atom stereocenters. The molecule has 616 valence electrons. The summed E-state index contributed by atoms with van der Waals surface area (Å²) in [5, 5.41) is 40.7. The van der Waals surface area contributed by atoms with E-state index in [1.165, 1.54) is 18.2 Å². The van der Waals surface area contributed by atoms with Gasteiger partial charge in [0, 0.05) is 107 Å². The maximum absolute atomic E-state index is 15.8. The van der Waals surface area contributed by atoms with Gasteiger partial charge in [0.1, 0.15) is 39.5 Å². The van der Waals surface area contributed by atoms with E-state index in [-0.39, 0.29) is 133 Å². The number of carbonyl (C=O) groups excluding carboxylic acids is 7. The molecule has 15 rings (SSSR count). The van der Waals surface area contributed by atoms with Gasteiger partial charge < -0.3 is 42.1 Å². The zero-order chi connectivity index (χ0) is 82.2. The highest BCUT2D eigenvalue weighted by Gasteiger charge is 2.69. The Labute approximate surface area is 702 Å². The molecule has 9 aliphatic rings. The predicted octanol–water partition coefficient (Wildman–Crippen LogP) is 20.7. The number of aliphatic hydroxyl groups excluding tert-OH is 2. The number of rotatable bonds is 15. The van der Waals surface area contributed by atoms with Gasteiger partial charge in [0.2, 0.25) is 17.7 Å². The van der Waals surface area contributed by atoms with Crippen LogP contribution < -0.4 is 31.9 Å². The molecule has 3 saturated heterocycles. The third-order valence-corrected chi connectivity index (χ3v) is 26.9. The molecule has 6 heterocycles. The summed E-state index contributed by atoms with van der Waals surface area (Å²) in [5.74, 6) is -4.39. The van der Waals surface area contributed by atoms with Crippen LogP contribution in [0.1, 0.15) is 230 Å². The van der Waals surface area contributed by atoms with Crippen molar-refractivity contribution in [3.8, 4) is 0 Å². The molecule has 13 atom stereocenters. The average molecular weight is 1700 g/mol. The number of amides is 3. The highest BCUT2D eigenvalue weighted by atomic mass is 35.5. The van der Waals surface area contributed by atoms with E-state index < -0.39 is 87.7 Å². The van der Waals surface area contributed by atoms with Crippen molar-refractivity contribution in [1.29, 1.82) is 0 Å². The molecule has 8 N–H and O–H groups in total. The van der Waals surface area contributed by atoms with E-state index in [0.29, 0.717) is 138 Å². The number of ketones is 4. The third kappa shape index (κ3) is 17.2. The lowest BCUT2D eigenvalue weighted by atomic mass is 9.62. The largest absolute Gasteiger partial charge is 0.513 e. The third-order valence-electron chi connectivity index (χ3n) is 25.3. The summed E-state index contributed by atoms with van der Waals surface area (Å²) in [7, 11) is 0. The second-order valence-corrected chi connectivity index (χ2v) is 39.3. The standard InChI is InChI=1S/C30H35Cl2FN2O3.2C30H33Cl2FN2O3.CH4/c3*1-29(2,3)15-24-30(20-12-9-17(31)14-22(20)34-28(30)38)25(19-5-4-6-21(32)26(19)33)27(35-24)23(37)13-16-7-10-18(36)11-8-16;/h4-6,9,12,14,16,18,24-25,27,35-36H,7-8,10-11,13,15H2,1-3H3,(H,34,38);4-6,9,12,14,16,24-25,27,35H,7-8,10-11,13,15H2,1-3H3,(H,34,38);4-6,9-10,12,14,16,24-25,27,35-36H,7-8,11,13,15H2,1-3H3,(H,34,38);1H4. The molecule has 6 aromatic carbocycles. The molecule has 6 aromatic rings. The van der Waals surface area contributed by atoms with E-state index in [4.69, 9.17) is 69.6 Å². The number of aliphatic hydroxyl groups is 2. The summed E-state index contributed by atoms with van der Waals surface area (Å²) in [6.07, 6.45) is 11.1. The van der Waals surface area contributed by atoms with Crippen LogP contribution in [0.15, 0.2) is 121 Å². The van der Waals surface area contributed by atoms with Gasteiger partial charge in [-0.05, 0) is 199 Å². The first kappa shape index (κ1) is 87.6. The molecule has 24 heteroatoms. The van der Waals surface area contributed by atoms with Gasteiger partial charge >= 0.3 is 0 Å². The van der Waals surface area contributed by atoms with Crippen molar-refractivity contribution in [2.75, 3.05) is 16.0 Å². The van der Waals surface area contributed by atoms with Crippen LogP contribution in [-0.2, 0) is 49.8 Å². The predicted molar refractivity (Wildman–Crippen MR) is 451 cm³/mol. The molecule has 15 nitrogen and oxygen atoms in total. The minimum atomic E-state index is -1.25. The lowest BCUT2D eigenvalue weighted by Gasteiger charge is -2.38. The summed E-state index contributed by atoms with van der Waals surface area (Å²) >= 11 is 37.6. The first-order valence-electron chi connectivity index (χ1n) is 39.8. The summed E-state index contributed by atoms with van der Waals surface area (Å²) in [4.78, 5) is 96.4. The summed E-state index contributed by atoms with van der Waals surface area (Å²) in [5.41, 5.74) is 0.329. The molecule has 3 amide bonds. The number of halogens is 9. The van der Waals surface area contributed by atoms with Crippen LogP contribution in [0.5, 0.6) is 0 Å². The fourth-order valence-electron chi connectivity index (χ4n) is 20.5. The van der Waals surface area contributed by atoms with Crippen molar-refractivity contribution in [2.45, 2.75) is 255 Å². The summed E-state index contributed by atoms with van der Waals surface area (Å²) < 4.78 is 47.4. The fraction of sp³-hybridized carbons (Fsp3) is 0.505. The quantitative estimate of drug-likeness (QED) is 0.0480. The molecule has 3 aliphatic carbocycles. The highest BCUT2D eigenvalue weighted by Crippen LogP contribution is 2.62. The van der Waals surface area contributed by atoms with E-state index in [1.54, 1.807) is 78.9 Å². The van der Waals surface area contributed by atoms with Crippen LogP contribution in [0.4, 0.5) is 30.2 Å². The second kappa shape index (κ2) is 34.2. The van der Waals surface area contributed by atoms with Gasteiger partial charge in [0.15, 0.2) is 17.3 Å². The lowest BCUT2D eigenvalue weighted by Crippen LogP contribution is -2.49. The number of Topliss-reactive ketones (excluding diaryl/α,β-unsaturated/α-hetero) is 4. The van der Waals surface area contributed by atoms with Crippen molar-refractivity contribution in [1.82, 2.24) is 16.0 Å². The van der Waals surface area contributed by atoms with Crippen LogP contribution >= 0.6 is 69.6 Å². The van der Waals surface area contributed by atoms with Gasteiger partial charge in [-0.1, -0.05) is 194 Å². The van der Waals surface area contributed by atoms with Crippen molar-refractivity contribution in [2.24, 2.45) is 34.0 Å². The van der Waals surface area contributed by atoms with Crippen molar-refractivity contribution < 1.29 is 56.9 Å². The van der Waals surface area contributed by atoms with Crippen molar-refractivity contribution in [3.63, 3.8) is 0 Å². The maximum atomic E-state index is 15.8. The fourth-order valence-corrected chi connectivity index (χ4v) is 21.5. The molecule has 2 saturated carbocycles. The van der Waals surface area contributed by atoms with Crippen molar-refractivity contribution >= 4 is 128 Å². The van der Waals surface area contributed by atoms with Crippen molar-refractivity contribution in [3.05, 3.63) is 202 Å². The van der Waals surface area contributed by atoms with Crippen LogP contribution in [0, 0.1) is 51.5 Å². The first-order chi connectivity index (χ1) is 53.7. The van der Waals surface area contributed by atoms with Crippen LogP contribution in [0.3, 0.4) is 0 Å². The minimum absolute atomic E-state index is 0. The van der Waals surface area contributed by atoms with Gasteiger partial charge in [0.05, 0.1) is 45.1 Å². The zero-order valence-corrected chi connectivity index (χ0v) is 70.2. The van der Waals surface area contributed by atoms with Gasteiger partial charge in [-0.3, -0.25) is 33.6 Å². The Morgan fingerprint density at radius 1 is 0.435 bits per heavy atom. The molecule has 6 aliphatic heterocycles. The molecule has 0 bridgehead atoms. The second-order valence-electron chi connectivity index (χ2n) is 36.8. The monoisotopic (exact) mass is 1690 g/mol. The van der Waals surface area contributed by atoms with E-state index in [9.17, 15) is 43.8 Å². The molecule has 0 radical (unpaired) electrons. The Morgan fingerprint density at radius 3 is 1.04 bits per heavy atom. The molecular formula is C91H105Cl6F3N6O9. The lowest BCUT2D eigenvalue weighted by molar-refractivity contribution is -0.125. The number of nitrogens with one attached hydrogen (secondary N) is 6. The average Bonchev–Trinajstić information content (AvgIpc) is 1.54. The zero-order valence-electron chi connectivity index (χ0n) is 65.6. The van der Waals surface area contributed by atoms with Crippen LogP contribution in [0.25, 0.3) is 0 Å². The van der Waals surface area contributed by atoms with E-state index in [1.807, 2.05) is 18.2 Å². The van der Waals surface area contributed by atoms with E-state index in [2.05, 4.69) is 94.2 Å². The minimum Gasteiger partial charge on any atom is -0.513 e. The van der Waals surface area contributed by atoms with Gasteiger partial charge in [-0.2, -0.15) is 0 Å². The van der Waals surface area contributed by atoms with Crippen LogP contribution in [0.2, 0.25) is 30.1 Å². The van der Waals surface area contributed by atoms with E-state index in [0.717, 1.165) is 12.8 Å². The van der Waals surface area contributed by atoms with Gasteiger partial charge in [0.25, 0.3) is 0 Å². The maximum Gasteiger partial charge on any atom is 0.237 e. The number of carbonyl (C=O) groups is 7. The Morgan fingerprint density at radius 2 is 0.739 bits per heavy atom. The summed E-state index contributed by atoms with van der Waals surface area (Å²) in [6, 6.07) is 26.4. The number of hydrogen-bond donors (Lipinski definition) is 8. The first-order valence-corrected chi connectivity index (χ1v) is 42.1. The Hall–Kier alpha value is -6.68. The smallest absolute Gasteiger partial charge is 0.237 e. The topological polar surface area (TPSA) is 232 Å². The number of benzene rings is 6. The number of anilines is 3. The van der Waals surface area contributed by atoms with Gasteiger partial charge in [-0.15, -0.1) is 0 Å². The molecule has 0 aromatic heterocycles. The number of hydrogen-bond acceptors (Lipinski definition) is 12. The molecule has 3 spiro atoms. The molecule has 5 fully saturated rings. The molecular weight excluding hydrogens is 1590 g/mol. The normalized spacial score (nSPS) is 28.8. The SMILES string of the molecule is C.CC(C)(C)CC1NC(C(=O)CC2CC=C(O)CC2)C(c2cccc(Cl)c2F)C12C(=O)Nc1cc(Cl)ccc12.CC(C)(C)CC1NC(C(=O)CC2CCC(=O)CC2)C(c2cccc(Cl)c2F)C12C(=O)Nc1cc(Cl)ccc12.CC(C)(C)CC1NC(C(=O)CC2CCC(O)CC2)C(c2cccc(Cl)c2F)C12C(=O)Nc1cc(Cl)ccc12. The Bertz CT molecular complexity index is 4810. The van der Waals surface area contributed by atoms with Crippen LogP contribution in [-0.4, -0.2) is 93.4 Å². The highest BCUT2D eigenvalue weighted by molar-refractivity contribution is 6.33. The Balaban J connectivity index is 0.000000159. The number of fused-ring (bicyclic) bond motifs is 6. The molecule has 115 heavy (non-hydrogen) atoms.